The van der Waals surface area contributed by atoms with Gasteiger partial charge in [-0.3, -0.25) is 0 Å². The van der Waals surface area contributed by atoms with Gasteiger partial charge >= 0.3 is 0 Å². The van der Waals surface area contributed by atoms with E-state index in [9.17, 15) is 0 Å². The number of nitrogen functional groups attached to an aromatic ring is 1. The van der Waals surface area contributed by atoms with E-state index in [2.05, 4.69) is 15.3 Å². The standard InChI is InChI=1S/C10H8Cl2N4/c11-8-5-9(16-10(12)15-8)14-7-3-1-2-6(13)4-7/h1-5H,13H2,(H,14,15,16). The molecule has 0 amide bonds. The lowest BCUT2D eigenvalue weighted by molar-refractivity contribution is 1.17. The fourth-order valence-corrected chi connectivity index (χ4v) is 1.63. The molecule has 0 unspecified atom stereocenters. The lowest BCUT2D eigenvalue weighted by atomic mass is 10.3. The van der Waals surface area contributed by atoms with Crippen LogP contribution in [0.2, 0.25) is 10.4 Å². The number of nitrogens with two attached hydrogens (primary N) is 1. The van der Waals surface area contributed by atoms with Crippen LogP contribution in [0.25, 0.3) is 0 Å². The Morgan fingerprint density at radius 2 is 1.94 bits per heavy atom. The number of benzene rings is 1. The van der Waals surface area contributed by atoms with Crippen molar-refractivity contribution in [3.8, 4) is 0 Å². The van der Waals surface area contributed by atoms with Crippen LogP contribution in [-0.2, 0) is 0 Å². The zero-order valence-corrected chi connectivity index (χ0v) is 9.63. The molecule has 1 heterocycles. The second kappa shape index (κ2) is 4.55. The number of halogens is 2. The maximum Gasteiger partial charge on any atom is 0.225 e. The highest BCUT2D eigenvalue weighted by atomic mass is 35.5. The third kappa shape index (κ3) is 2.74. The molecule has 16 heavy (non-hydrogen) atoms. The number of hydrogen-bond donors (Lipinski definition) is 2. The van der Waals surface area contributed by atoms with E-state index in [0.29, 0.717) is 11.5 Å². The Bertz CT molecular complexity index is 496. The van der Waals surface area contributed by atoms with Crippen LogP contribution in [0.4, 0.5) is 17.2 Å². The van der Waals surface area contributed by atoms with Gasteiger partial charge < -0.3 is 11.1 Å². The molecule has 1 aromatic carbocycles. The maximum atomic E-state index is 5.75. The second-order valence-electron chi connectivity index (χ2n) is 3.10. The summed E-state index contributed by atoms with van der Waals surface area (Å²) < 4.78 is 0. The van der Waals surface area contributed by atoms with Crippen molar-refractivity contribution in [1.29, 1.82) is 0 Å². The number of aromatic nitrogens is 2. The summed E-state index contributed by atoms with van der Waals surface area (Å²) in [5.41, 5.74) is 7.12. The van der Waals surface area contributed by atoms with Crippen LogP contribution in [0, 0.1) is 0 Å². The van der Waals surface area contributed by atoms with Crippen molar-refractivity contribution in [2.75, 3.05) is 11.1 Å². The third-order valence-corrected chi connectivity index (χ3v) is 2.19. The highest BCUT2D eigenvalue weighted by molar-refractivity contribution is 6.32. The molecule has 0 spiro atoms. The summed E-state index contributed by atoms with van der Waals surface area (Å²) >= 11 is 11.4. The minimum Gasteiger partial charge on any atom is -0.399 e. The fraction of sp³-hybridized carbons (Fsp3) is 0. The van der Waals surface area contributed by atoms with Crippen molar-refractivity contribution in [3.63, 3.8) is 0 Å². The van der Waals surface area contributed by atoms with Gasteiger partial charge in [-0.2, -0.15) is 0 Å². The Morgan fingerprint density at radius 1 is 1.12 bits per heavy atom. The first-order valence-electron chi connectivity index (χ1n) is 4.46. The van der Waals surface area contributed by atoms with E-state index >= 15 is 0 Å². The van der Waals surface area contributed by atoms with Crippen LogP contribution in [0.5, 0.6) is 0 Å². The molecule has 6 heteroatoms. The van der Waals surface area contributed by atoms with Crippen LogP contribution in [0.15, 0.2) is 30.3 Å². The van der Waals surface area contributed by atoms with Gasteiger partial charge in [-0.25, -0.2) is 9.97 Å². The fourth-order valence-electron chi connectivity index (χ4n) is 1.22. The van der Waals surface area contributed by atoms with Gasteiger partial charge in [0, 0.05) is 17.4 Å². The molecule has 0 aliphatic rings. The zero-order chi connectivity index (χ0) is 11.5. The van der Waals surface area contributed by atoms with E-state index < -0.39 is 0 Å². The SMILES string of the molecule is Nc1cccc(Nc2cc(Cl)nc(Cl)n2)c1. The summed E-state index contributed by atoms with van der Waals surface area (Å²) in [6, 6.07) is 8.86. The van der Waals surface area contributed by atoms with Crippen LogP contribution >= 0.6 is 23.2 Å². The number of nitrogens with zero attached hydrogens (tertiary/aromatic N) is 2. The number of hydrogen-bond acceptors (Lipinski definition) is 4. The normalized spacial score (nSPS) is 10.1. The van der Waals surface area contributed by atoms with Crippen molar-refractivity contribution < 1.29 is 0 Å². The van der Waals surface area contributed by atoms with Gasteiger partial charge in [0.05, 0.1) is 0 Å². The molecular formula is C10H8Cl2N4. The average molecular weight is 255 g/mol. The monoisotopic (exact) mass is 254 g/mol. The third-order valence-electron chi connectivity index (χ3n) is 1.83. The Kier molecular flexibility index (Phi) is 3.12. The molecule has 0 atom stereocenters. The molecule has 3 N–H and O–H groups in total. The van der Waals surface area contributed by atoms with E-state index in [1.807, 2.05) is 12.1 Å². The van der Waals surface area contributed by atoms with Crippen LogP contribution in [0.3, 0.4) is 0 Å². The van der Waals surface area contributed by atoms with Gasteiger partial charge in [0.2, 0.25) is 5.28 Å². The quantitative estimate of drug-likeness (QED) is 0.491. The topological polar surface area (TPSA) is 63.8 Å². The van der Waals surface area contributed by atoms with E-state index in [-0.39, 0.29) is 10.4 Å². The van der Waals surface area contributed by atoms with Crippen molar-refractivity contribution in [3.05, 3.63) is 40.8 Å². The van der Waals surface area contributed by atoms with Crippen molar-refractivity contribution >= 4 is 40.4 Å². The predicted octanol–water partition coefficient (Wildman–Crippen LogP) is 3.11. The van der Waals surface area contributed by atoms with Crippen molar-refractivity contribution in [1.82, 2.24) is 9.97 Å². The van der Waals surface area contributed by atoms with E-state index in [1.54, 1.807) is 18.2 Å². The maximum absolute atomic E-state index is 5.75. The summed E-state index contributed by atoms with van der Waals surface area (Å²) in [4.78, 5) is 7.73. The molecule has 2 rings (SSSR count). The first-order chi connectivity index (χ1) is 7.63. The van der Waals surface area contributed by atoms with Crippen molar-refractivity contribution in [2.45, 2.75) is 0 Å². The predicted molar refractivity (Wildman–Crippen MR) is 66.2 cm³/mol. The molecule has 2 aromatic rings. The molecule has 1 aromatic heterocycles. The van der Waals surface area contributed by atoms with E-state index in [4.69, 9.17) is 28.9 Å². The summed E-state index contributed by atoms with van der Waals surface area (Å²) in [5, 5.41) is 3.41. The minimum atomic E-state index is 0.0962. The van der Waals surface area contributed by atoms with Crippen molar-refractivity contribution in [2.24, 2.45) is 0 Å². The van der Waals surface area contributed by atoms with Gasteiger partial charge in [-0.1, -0.05) is 17.7 Å². The molecule has 0 aliphatic heterocycles. The van der Waals surface area contributed by atoms with Gasteiger partial charge in [0.25, 0.3) is 0 Å². The summed E-state index contributed by atoms with van der Waals surface area (Å²) in [7, 11) is 0. The van der Waals surface area contributed by atoms with Crippen LogP contribution in [-0.4, -0.2) is 9.97 Å². The molecule has 0 fully saturated rings. The molecule has 82 valence electrons. The molecule has 0 saturated heterocycles. The molecule has 0 radical (unpaired) electrons. The molecular weight excluding hydrogens is 247 g/mol. The largest absolute Gasteiger partial charge is 0.399 e. The second-order valence-corrected chi connectivity index (χ2v) is 3.82. The van der Waals surface area contributed by atoms with Gasteiger partial charge in [0.15, 0.2) is 0 Å². The van der Waals surface area contributed by atoms with E-state index in [0.717, 1.165) is 5.69 Å². The first kappa shape index (κ1) is 11.0. The van der Waals surface area contributed by atoms with Gasteiger partial charge in [-0.05, 0) is 29.8 Å². The summed E-state index contributed by atoms with van der Waals surface area (Å²) in [6.07, 6.45) is 0. The lowest BCUT2D eigenvalue weighted by Crippen LogP contribution is -1.96. The summed E-state index contributed by atoms with van der Waals surface area (Å²) in [6.45, 7) is 0. The zero-order valence-electron chi connectivity index (χ0n) is 8.11. The molecule has 0 saturated carbocycles. The molecule has 4 nitrogen and oxygen atoms in total. The molecule has 0 aliphatic carbocycles. The Labute approximate surface area is 102 Å². The number of anilines is 3. The minimum absolute atomic E-state index is 0.0962. The van der Waals surface area contributed by atoms with Gasteiger partial charge in [-0.15, -0.1) is 0 Å². The smallest absolute Gasteiger partial charge is 0.225 e. The van der Waals surface area contributed by atoms with E-state index in [1.165, 1.54) is 0 Å². The molecule has 0 bridgehead atoms. The average Bonchev–Trinajstić information content (AvgIpc) is 2.15. The Balaban J connectivity index is 2.27. The number of nitrogens with one attached hydrogen (secondary N) is 1. The Hall–Kier alpha value is -1.52. The highest BCUT2D eigenvalue weighted by Gasteiger charge is 2.01. The number of rotatable bonds is 2. The summed E-state index contributed by atoms with van der Waals surface area (Å²) in [5.74, 6) is 0.524. The van der Waals surface area contributed by atoms with Crippen LogP contribution in [0.1, 0.15) is 0 Å². The first-order valence-corrected chi connectivity index (χ1v) is 5.22. The highest BCUT2D eigenvalue weighted by Crippen LogP contribution is 2.20. The Morgan fingerprint density at radius 3 is 2.62 bits per heavy atom. The van der Waals surface area contributed by atoms with Crippen LogP contribution < -0.4 is 11.1 Å². The lowest BCUT2D eigenvalue weighted by Gasteiger charge is -2.06. The van der Waals surface area contributed by atoms with Gasteiger partial charge in [0.1, 0.15) is 11.0 Å².